The lowest BCUT2D eigenvalue weighted by Gasteiger charge is -2.35. The van der Waals surface area contributed by atoms with E-state index in [2.05, 4.69) is 34.1 Å². The van der Waals surface area contributed by atoms with Gasteiger partial charge in [0.15, 0.2) is 0 Å². The van der Waals surface area contributed by atoms with Crippen molar-refractivity contribution in [3.63, 3.8) is 0 Å². The minimum absolute atomic E-state index is 0.0123. The molecule has 9 nitrogen and oxygen atoms in total. The highest BCUT2D eigenvalue weighted by Crippen LogP contribution is 2.36. The lowest BCUT2D eigenvalue weighted by Crippen LogP contribution is -2.48. The molecular weight excluding hydrogens is 468 g/mol. The van der Waals surface area contributed by atoms with Crippen molar-refractivity contribution in [1.29, 1.82) is 0 Å². The van der Waals surface area contributed by atoms with Crippen molar-refractivity contribution < 1.29 is 14.3 Å². The summed E-state index contributed by atoms with van der Waals surface area (Å²) in [5.41, 5.74) is 3.96. The summed E-state index contributed by atoms with van der Waals surface area (Å²) in [7, 11) is 1.72. The Labute approximate surface area is 219 Å². The van der Waals surface area contributed by atoms with Gasteiger partial charge in [-0.2, -0.15) is 4.98 Å². The number of hydrogen-bond acceptors (Lipinski definition) is 7. The summed E-state index contributed by atoms with van der Waals surface area (Å²) in [6.45, 7) is 10.4. The minimum Gasteiger partial charge on any atom is -0.380 e. The number of fused-ring (bicyclic) bond motifs is 1. The Morgan fingerprint density at radius 2 is 1.76 bits per heavy atom. The van der Waals surface area contributed by atoms with Crippen LogP contribution in [0.3, 0.4) is 0 Å². The maximum Gasteiger partial charge on any atom is 0.273 e. The molecule has 4 heterocycles. The molecule has 0 spiro atoms. The molecule has 1 aromatic heterocycles. The van der Waals surface area contributed by atoms with Gasteiger partial charge in [-0.25, -0.2) is 4.98 Å². The lowest BCUT2D eigenvalue weighted by molar-refractivity contribution is -0.129. The third kappa shape index (κ3) is 5.14. The summed E-state index contributed by atoms with van der Waals surface area (Å²) in [5.74, 6) is 1.59. The molecule has 1 aromatic carbocycles. The van der Waals surface area contributed by atoms with Gasteiger partial charge in [0.25, 0.3) is 5.91 Å². The minimum atomic E-state index is -0.0123. The van der Waals surface area contributed by atoms with E-state index in [4.69, 9.17) is 14.7 Å². The Morgan fingerprint density at radius 3 is 2.41 bits per heavy atom. The monoisotopic (exact) mass is 506 g/mol. The first-order valence-corrected chi connectivity index (χ1v) is 13.4. The number of ether oxygens (including phenoxy) is 1. The van der Waals surface area contributed by atoms with Crippen molar-refractivity contribution in [3.05, 3.63) is 46.6 Å². The average Bonchev–Trinajstić information content (AvgIpc) is 3.49. The largest absolute Gasteiger partial charge is 0.380 e. The molecule has 2 amide bonds. The van der Waals surface area contributed by atoms with Gasteiger partial charge in [0.2, 0.25) is 11.9 Å². The Morgan fingerprint density at radius 1 is 1.05 bits per heavy atom. The summed E-state index contributed by atoms with van der Waals surface area (Å²) in [6.07, 6.45) is 3.12. The van der Waals surface area contributed by atoms with E-state index in [0.29, 0.717) is 57.0 Å². The Balaban J connectivity index is 1.45. The van der Waals surface area contributed by atoms with Gasteiger partial charge >= 0.3 is 0 Å². The average molecular weight is 507 g/mol. The third-order valence-corrected chi connectivity index (χ3v) is 7.85. The number of nitrogens with zero attached hydrogens (tertiary/aromatic N) is 6. The van der Waals surface area contributed by atoms with Crippen LogP contribution in [0.5, 0.6) is 0 Å². The fourth-order valence-electron chi connectivity index (χ4n) is 5.72. The van der Waals surface area contributed by atoms with Crippen LogP contribution in [0.4, 0.5) is 11.8 Å². The lowest BCUT2D eigenvalue weighted by atomic mass is 10.0. The Hall–Kier alpha value is -3.20. The highest BCUT2D eigenvalue weighted by molar-refractivity contribution is 5.98. The van der Waals surface area contributed by atoms with E-state index in [1.807, 2.05) is 23.6 Å². The summed E-state index contributed by atoms with van der Waals surface area (Å²) >= 11 is 0. The zero-order valence-corrected chi connectivity index (χ0v) is 22.4. The smallest absolute Gasteiger partial charge is 0.273 e. The van der Waals surface area contributed by atoms with Crippen LogP contribution in [0, 0.1) is 0 Å². The third-order valence-electron chi connectivity index (χ3n) is 7.85. The SMILES string of the molecule is COCc1ccc(CC2CCCN2c2nc(N3CCN(C(C)=O)CC3)nc3c2CN(C(C)C)C3=O)cc1. The van der Waals surface area contributed by atoms with E-state index in [1.165, 1.54) is 11.1 Å². The van der Waals surface area contributed by atoms with Gasteiger partial charge in [0.1, 0.15) is 11.5 Å². The standard InChI is InChI=1S/C28H38N6O3/c1-19(2)34-17-24-25(27(34)36)29-28(32-14-12-31(13-15-32)20(3)35)30-26(24)33-11-5-6-23(33)16-21-7-9-22(10-8-21)18-37-4/h7-10,19,23H,5-6,11-18H2,1-4H3. The first-order chi connectivity index (χ1) is 17.9. The molecule has 0 radical (unpaired) electrons. The van der Waals surface area contributed by atoms with Crippen LogP contribution in [-0.4, -0.2) is 83.5 Å². The molecule has 2 aromatic rings. The van der Waals surface area contributed by atoms with Gasteiger partial charge in [-0.05, 0) is 44.2 Å². The molecule has 3 aliphatic heterocycles. The maximum atomic E-state index is 13.4. The van der Waals surface area contributed by atoms with Gasteiger partial charge in [-0.1, -0.05) is 24.3 Å². The van der Waals surface area contributed by atoms with Crippen molar-refractivity contribution >= 4 is 23.6 Å². The van der Waals surface area contributed by atoms with Crippen molar-refractivity contribution in [2.75, 3.05) is 49.6 Å². The highest BCUT2D eigenvalue weighted by atomic mass is 16.5. The van der Waals surface area contributed by atoms with Crippen LogP contribution in [0.2, 0.25) is 0 Å². The molecule has 1 unspecified atom stereocenters. The van der Waals surface area contributed by atoms with Gasteiger partial charge in [-0.15, -0.1) is 0 Å². The van der Waals surface area contributed by atoms with Crippen LogP contribution < -0.4 is 9.80 Å². The summed E-state index contributed by atoms with van der Waals surface area (Å²) < 4.78 is 5.25. The zero-order valence-electron chi connectivity index (χ0n) is 22.4. The number of benzene rings is 1. The molecule has 0 saturated carbocycles. The first kappa shape index (κ1) is 25.4. The molecule has 198 valence electrons. The number of hydrogen-bond donors (Lipinski definition) is 0. The van der Waals surface area contributed by atoms with E-state index in [9.17, 15) is 9.59 Å². The number of carbonyl (C=O) groups excluding carboxylic acids is 2. The molecule has 2 fully saturated rings. The van der Waals surface area contributed by atoms with Gasteiger partial charge in [0.05, 0.1) is 13.2 Å². The molecule has 0 bridgehead atoms. The van der Waals surface area contributed by atoms with Crippen LogP contribution in [-0.2, 0) is 29.1 Å². The molecule has 0 aliphatic carbocycles. The molecule has 37 heavy (non-hydrogen) atoms. The second-order valence-electron chi connectivity index (χ2n) is 10.6. The van der Waals surface area contributed by atoms with E-state index in [-0.39, 0.29) is 17.9 Å². The van der Waals surface area contributed by atoms with Crippen molar-refractivity contribution in [2.45, 2.75) is 65.3 Å². The summed E-state index contributed by atoms with van der Waals surface area (Å²) in [4.78, 5) is 43.4. The van der Waals surface area contributed by atoms with Gasteiger partial charge in [0, 0.05) is 64.4 Å². The number of rotatable bonds is 7. The van der Waals surface area contributed by atoms with E-state index < -0.39 is 0 Å². The Kier molecular flexibility index (Phi) is 7.33. The van der Waals surface area contributed by atoms with Crippen LogP contribution >= 0.6 is 0 Å². The van der Waals surface area contributed by atoms with E-state index in [0.717, 1.165) is 37.2 Å². The van der Waals surface area contributed by atoms with Crippen molar-refractivity contribution in [1.82, 2.24) is 19.8 Å². The molecule has 2 saturated heterocycles. The second kappa shape index (κ2) is 10.7. The maximum absolute atomic E-state index is 13.4. The fourth-order valence-corrected chi connectivity index (χ4v) is 5.72. The number of methoxy groups -OCH3 is 1. The van der Waals surface area contributed by atoms with Gasteiger partial charge in [-0.3, -0.25) is 9.59 Å². The predicted molar refractivity (Wildman–Crippen MR) is 143 cm³/mol. The summed E-state index contributed by atoms with van der Waals surface area (Å²) in [5, 5.41) is 0. The highest BCUT2D eigenvalue weighted by Gasteiger charge is 2.38. The molecular formula is C28H38N6O3. The van der Waals surface area contributed by atoms with Crippen molar-refractivity contribution in [3.8, 4) is 0 Å². The van der Waals surface area contributed by atoms with Crippen LogP contribution in [0.25, 0.3) is 0 Å². The van der Waals surface area contributed by atoms with E-state index >= 15 is 0 Å². The molecule has 1 atom stereocenters. The number of aromatic nitrogens is 2. The van der Waals surface area contributed by atoms with E-state index in [1.54, 1.807) is 14.0 Å². The first-order valence-electron chi connectivity index (χ1n) is 13.4. The molecule has 0 N–H and O–H groups in total. The number of carbonyl (C=O) groups is 2. The number of amides is 2. The van der Waals surface area contributed by atoms with Crippen molar-refractivity contribution in [2.24, 2.45) is 0 Å². The molecule has 3 aliphatic rings. The number of piperazine rings is 1. The molecule has 5 rings (SSSR count). The normalized spacial score (nSPS) is 19.8. The summed E-state index contributed by atoms with van der Waals surface area (Å²) in [6, 6.07) is 9.07. The van der Waals surface area contributed by atoms with Crippen LogP contribution in [0.15, 0.2) is 24.3 Å². The molecule has 9 heteroatoms. The number of anilines is 2. The second-order valence-corrected chi connectivity index (χ2v) is 10.6. The topological polar surface area (TPSA) is 82.1 Å². The van der Waals surface area contributed by atoms with Crippen LogP contribution in [0.1, 0.15) is 60.8 Å². The quantitative estimate of drug-likeness (QED) is 0.571. The predicted octanol–water partition coefficient (Wildman–Crippen LogP) is 2.87. The Bertz CT molecular complexity index is 1140. The zero-order chi connectivity index (χ0) is 26.1. The fraction of sp³-hybridized carbons (Fsp3) is 0.571. The van der Waals surface area contributed by atoms with Gasteiger partial charge < -0.3 is 24.3 Å².